The van der Waals surface area contributed by atoms with Gasteiger partial charge in [0.15, 0.2) is 0 Å². The van der Waals surface area contributed by atoms with E-state index < -0.39 is 0 Å². The second-order valence-electron chi connectivity index (χ2n) is 7.90. The van der Waals surface area contributed by atoms with Gasteiger partial charge in [-0.25, -0.2) is 0 Å². The Balaban J connectivity index is 1.53. The highest BCUT2D eigenvalue weighted by Gasteiger charge is 2.26. The Morgan fingerprint density at radius 3 is 2.39 bits per heavy atom. The normalized spacial score (nSPS) is 20.0. The minimum atomic E-state index is -0.149. The second kappa shape index (κ2) is 9.72. The molecule has 1 amide bonds. The van der Waals surface area contributed by atoms with Gasteiger partial charge in [-0.1, -0.05) is 30.3 Å². The first-order valence-corrected chi connectivity index (χ1v) is 10.1. The van der Waals surface area contributed by atoms with Gasteiger partial charge in [0, 0.05) is 52.0 Å². The topological polar surface area (TPSA) is 53.8 Å². The van der Waals surface area contributed by atoms with Crippen LogP contribution in [0.15, 0.2) is 42.1 Å². The van der Waals surface area contributed by atoms with Crippen LogP contribution in [-0.2, 0) is 11.3 Å². The highest BCUT2D eigenvalue weighted by atomic mass is 16.2. The molecule has 0 saturated carbocycles. The number of hydrogen-bond acceptors (Lipinski definition) is 5. The molecule has 2 aliphatic heterocycles. The van der Waals surface area contributed by atoms with Gasteiger partial charge in [0.25, 0.3) is 5.91 Å². The first-order valence-electron chi connectivity index (χ1n) is 10.1. The number of likely N-dealkylation sites (tertiary alicyclic amines) is 1. The Morgan fingerprint density at radius 2 is 1.79 bits per heavy atom. The SMILES string of the molecule is CN1CCC(N(C)C(=O)/C(C#N)=C\N2CCN(Cc3ccccc3)CC2)CC1. The summed E-state index contributed by atoms with van der Waals surface area (Å²) >= 11 is 0. The molecule has 0 N–H and O–H groups in total. The zero-order chi connectivity index (χ0) is 19.9. The first kappa shape index (κ1) is 20.4. The maximum absolute atomic E-state index is 12.8. The van der Waals surface area contributed by atoms with Crippen LogP contribution in [0.5, 0.6) is 0 Å². The number of likely N-dealkylation sites (N-methyl/N-ethyl adjacent to an activating group) is 1. The van der Waals surface area contributed by atoms with E-state index in [1.807, 2.05) is 13.1 Å². The molecule has 150 valence electrons. The molecule has 0 aliphatic carbocycles. The number of benzene rings is 1. The molecule has 0 bridgehead atoms. The van der Waals surface area contributed by atoms with E-state index >= 15 is 0 Å². The zero-order valence-corrected chi connectivity index (χ0v) is 17.0. The molecule has 6 heteroatoms. The molecular weight excluding hydrogens is 350 g/mol. The van der Waals surface area contributed by atoms with E-state index in [9.17, 15) is 10.1 Å². The lowest BCUT2D eigenvalue weighted by molar-refractivity contribution is -0.128. The van der Waals surface area contributed by atoms with E-state index in [0.717, 1.165) is 58.7 Å². The van der Waals surface area contributed by atoms with E-state index in [1.165, 1.54) is 5.56 Å². The van der Waals surface area contributed by atoms with Crippen molar-refractivity contribution in [3.63, 3.8) is 0 Å². The van der Waals surface area contributed by atoms with Crippen molar-refractivity contribution < 1.29 is 4.79 Å². The number of rotatable bonds is 5. The lowest BCUT2D eigenvalue weighted by atomic mass is 10.0. The molecule has 0 spiro atoms. The number of hydrogen-bond donors (Lipinski definition) is 0. The number of carbonyl (C=O) groups is 1. The monoisotopic (exact) mass is 381 g/mol. The number of piperidine rings is 1. The molecule has 2 heterocycles. The summed E-state index contributed by atoms with van der Waals surface area (Å²) in [5.41, 5.74) is 1.57. The number of amides is 1. The zero-order valence-electron chi connectivity index (χ0n) is 17.0. The molecule has 0 radical (unpaired) electrons. The predicted octanol–water partition coefficient (Wildman–Crippen LogP) is 1.76. The van der Waals surface area contributed by atoms with E-state index in [-0.39, 0.29) is 17.5 Å². The van der Waals surface area contributed by atoms with Crippen LogP contribution < -0.4 is 0 Å². The minimum absolute atomic E-state index is 0.149. The van der Waals surface area contributed by atoms with Crippen molar-refractivity contribution in [2.75, 3.05) is 53.4 Å². The summed E-state index contributed by atoms with van der Waals surface area (Å²) in [6.45, 7) is 6.48. The lowest BCUT2D eigenvalue weighted by Gasteiger charge is -2.36. The highest BCUT2D eigenvalue weighted by molar-refractivity contribution is 5.97. The van der Waals surface area contributed by atoms with Gasteiger partial charge < -0.3 is 14.7 Å². The van der Waals surface area contributed by atoms with E-state index in [0.29, 0.717) is 0 Å². The van der Waals surface area contributed by atoms with Crippen LogP contribution in [0.2, 0.25) is 0 Å². The van der Waals surface area contributed by atoms with Crippen molar-refractivity contribution in [2.24, 2.45) is 0 Å². The molecule has 0 aromatic heterocycles. The summed E-state index contributed by atoms with van der Waals surface area (Å²) in [6, 6.07) is 12.8. The first-order chi connectivity index (χ1) is 13.6. The van der Waals surface area contributed by atoms with Gasteiger partial charge in [0.05, 0.1) is 0 Å². The van der Waals surface area contributed by atoms with Gasteiger partial charge in [-0.05, 0) is 38.5 Å². The molecule has 0 unspecified atom stereocenters. The molecule has 2 saturated heterocycles. The largest absolute Gasteiger partial charge is 0.374 e. The molecule has 2 fully saturated rings. The van der Waals surface area contributed by atoms with Crippen molar-refractivity contribution in [1.29, 1.82) is 5.26 Å². The predicted molar refractivity (Wildman–Crippen MR) is 110 cm³/mol. The van der Waals surface area contributed by atoms with Crippen LogP contribution >= 0.6 is 0 Å². The Kier molecular flexibility index (Phi) is 7.07. The van der Waals surface area contributed by atoms with Crippen molar-refractivity contribution in [3.05, 3.63) is 47.7 Å². The molecule has 28 heavy (non-hydrogen) atoms. The van der Waals surface area contributed by atoms with E-state index in [2.05, 4.69) is 52.1 Å². The van der Waals surface area contributed by atoms with E-state index in [1.54, 1.807) is 11.1 Å². The summed E-state index contributed by atoms with van der Waals surface area (Å²) in [4.78, 5) is 21.4. The summed E-state index contributed by atoms with van der Waals surface area (Å²) in [5, 5.41) is 9.55. The Labute approximate surface area is 168 Å². The molecule has 1 aromatic carbocycles. The molecule has 2 aliphatic rings. The standard InChI is InChI=1S/C22H31N5O/c1-24-10-8-21(9-11-24)25(2)22(28)20(16-23)18-27-14-12-26(13-15-27)17-19-6-4-3-5-7-19/h3-7,18,21H,8-15,17H2,1-2H3/b20-18-. The highest BCUT2D eigenvalue weighted by Crippen LogP contribution is 2.17. The van der Waals surface area contributed by atoms with Gasteiger partial charge in [-0.15, -0.1) is 0 Å². The van der Waals surface area contributed by atoms with Gasteiger partial charge in [0.1, 0.15) is 11.6 Å². The minimum Gasteiger partial charge on any atom is -0.374 e. The number of piperazine rings is 1. The molecule has 3 rings (SSSR count). The maximum Gasteiger partial charge on any atom is 0.265 e. The van der Waals surface area contributed by atoms with Gasteiger partial charge in [-0.2, -0.15) is 5.26 Å². The summed E-state index contributed by atoms with van der Waals surface area (Å²) < 4.78 is 0. The van der Waals surface area contributed by atoms with Crippen molar-refractivity contribution >= 4 is 5.91 Å². The van der Waals surface area contributed by atoms with Crippen LogP contribution in [0, 0.1) is 11.3 Å². The summed E-state index contributed by atoms with van der Waals surface area (Å²) in [5.74, 6) is -0.149. The van der Waals surface area contributed by atoms with Crippen LogP contribution in [0.3, 0.4) is 0 Å². The summed E-state index contributed by atoms with van der Waals surface area (Å²) in [6.07, 6.45) is 3.71. The molecule has 6 nitrogen and oxygen atoms in total. The number of nitriles is 1. The third-order valence-corrected chi connectivity index (χ3v) is 5.87. The Bertz CT molecular complexity index is 710. The molecule has 1 aromatic rings. The van der Waals surface area contributed by atoms with Crippen LogP contribution in [-0.4, -0.2) is 84.9 Å². The Hall–Kier alpha value is -2.36. The van der Waals surface area contributed by atoms with Crippen molar-refractivity contribution in [2.45, 2.75) is 25.4 Å². The second-order valence-corrected chi connectivity index (χ2v) is 7.90. The van der Waals surface area contributed by atoms with E-state index in [4.69, 9.17) is 0 Å². The van der Waals surface area contributed by atoms with Crippen LogP contribution in [0.1, 0.15) is 18.4 Å². The molecule has 0 atom stereocenters. The van der Waals surface area contributed by atoms with Gasteiger partial charge >= 0.3 is 0 Å². The fourth-order valence-corrected chi connectivity index (χ4v) is 3.94. The van der Waals surface area contributed by atoms with Crippen LogP contribution in [0.4, 0.5) is 0 Å². The number of carbonyl (C=O) groups excluding carboxylic acids is 1. The average molecular weight is 382 g/mol. The molecular formula is C22H31N5O. The van der Waals surface area contributed by atoms with Gasteiger partial charge in [-0.3, -0.25) is 9.69 Å². The smallest absolute Gasteiger partial charge is 0.265 e. The van der Waals surface area contributed by atoms with Crippen molar-refractivity contribution in [1.82, 2.24) is 19.6 Å². The van der Waals surface area contributed by atoms with Crippen LogP contribution in [0.25, 0.3) is 0 Å². The fraction of sp³-hybridized carbons (Fsp3) is 0.545. The Morgan fingerprint density at radius 1 is 1.14 bits per heavy atom. The van der Waals surface area contributed by atoms with Gasteiger partial charge in [0.2, 0.25) is 0 Å². The fourth-order valence-electron chi connectivity index (χ4n) is 3.94. The summed E-state index contributed by atoms with van der Waals surface area (Å²) in [7, 11) is 3.94. The number of nitrogens with zero attached hydrogens (tertiary/aromatic N) is 5. The lowest BCUT2D eigenvalue weighted by Crippen LogP contribution is -2.46. The quantitative estimate of drug-likeness (QED) is 0.575. The van der Waals surface area contributed by atoms with Crippen molar-refractivity contribution in [3.8, 4) is 6.07 Å². The third kappa shape index (κ3) is 5.34. The maximum atomic E-state index is 12.8. The third-order valence-electron chi connectivity index (χ3n) is 5.87. The average Bonchev–Trinajstić information content (AvgIpc) is 2.73.